The predicted molar refractivity (Wildman–Crippen MR) is 81.3 cm³/mol. The molecule has 0 radical (unpaired) electrons. The van der Waals surface area contributed by atoms with E-state index < -0.39 is 0 Å². The van der Waals surface area contributed by atoms with Crippen LogP contribution in [0, 0.1) is 13.8 Å². The Kier molecular flexibility index (Phi) is 4.02. The molecule has 20 heavy (non-hydrogen) atoms. The Morgan fingerprint density at radius 1 is 1.15 bits per heavy atom. The number of benzene rings is 1. The van der Waals surface area contributed by atoms with Gasteiger partial charge in [-0.3, -0.25) is 0 Å². The molecule has 2 nitrogen and oxygen atoms in total. The highest BCUT2D eigenvalue weighted by Gasteiger charge is 2.40. The number of ether oxygens (including phenoxy) is 2. The van der Waals surface area contributed by atoms with Gasteiger partial charge in [0.1, 0.15) is 12.4 Å². The van der Waals surface area contributed by atoms with Crippen LogP contribution in [0.15, 0.2) is 18.2 Å². The zero-order valence-corrected chi connectivity index (χ0v) is 12.8. The lowest BCUT2D eigenvalue weighted by atomic mass is 9.83. The minimum Gasteiger partial charge on any atom is -0.491 e. The molecule has 0 aromatic heterocycles. The van der Waals surface area contributed by atoms with E-state index in [9.17, 15) is 0 Å². The monoisotopic (exact) mass is 274 g/mol. The second-order valence-corrected chi connectivity index (χ2v) is 6.53. The average Bonchev–Trinajstić information content (AvgIpc) is 2.84. The van der Waals surface area contributed by atoms with Crippen molar-refractivity contribution >= 4 is 0 Å². The largest absolute Gasteiger partial charge is 0.491 e. The fourth-order valence-corrected chi connectivity index (χ4v) is 3.64. The van der Waals surface area contributed by atoms with Crippen LogP contribution in [0.5, 0.6) is 5.75 Å². The smallest absolute Gasteiger partial charge is 0.122 e. The summed E-state index contributed by atoms with van der Waals surface area (Å²) in [4.78, 5) is 0. The topological polar surface area (TPSA) is 18.5 Å². The SMILES string of the molecule is Cc1cccc(OCC2CCC3(CCCCC3)O2)c1C. The van der Waals surface area contributed by atoms with Gasteiger partial charge in [0, 0.05) is 0 Å². The van der Waals surface area contributed by atoms with Gasteiger partial charge in [-0.2, -0.15) is 0 Å². The van der Waals surface area contributed by atoms with E-state index >= 15 is 0 Å². The van der Waals surface area contributed by atoms with E-state index in [4.69, 9.17) is 9.47 Å². The second-order valence-electron chi connectivity index (χ2n) is 6.53. The third-order valence-electron chi connectivity index (χ3n) is 5.08. The van der Waals surface area contributed by atoms with E-state index in [1.165, 1.54) is 49.7 Å². The highest BCUT2D eigenvalue weighted by Crippen LogP contribution is 2.42. The zero-order valence-electron chi connectivity index (χ0n) is 12.8. The van der Waals surface area contributed by atoms with E-state index in [0.29, 0.717) is 6.61 Å². The molecule has 0 bridgehead atoms. The summed E-state index contributed by atoms with van der Waals surface area (Å²) in [5, 5.41) is 0. The number of aryl methyl sites for hydroxylation is 1. The summed E-state index contributed by atoms with van der Waals surface area (Å²) in [5.41, 5.74) is 2.74. The van der Waals surface area contributed by atoms with Gasteiger partial charge in [-0.1, -0.05) is 31.4 Å². The second kappa shape index (κ2) is 5.77. The normalized spacial score (nSPS) is 25.0. The molecule has 1 unspecified atom stereocenters. The maximum Gasteiger partial charge on any atom is 0.122 e. The van der Waals surface area contributed by atoms with Gasteiger partial charge in [0.25, 0.3) is 0 Å². The summed E-state index contributed by atoms with van der Waals surface area (Å²) < 4.78 is 12.4. The summed E-state index contributed by atoms with van der Waals surface area (Å²) in [6, 6.07) is 6.26. The molecule has 0 N–H and O–H groups in total. The maximum atomic E-state index is 6.36. The van der Waals surface area contributed by atoms with Crippen LogP contribution in [0.2, 0.25) is 0 Å². The molecule has 110 valence electrons. The highest BCUT2D eigenvalue weighted by molar-refractivity contribution is 5.38. The molecule has 1 aromatic rings. The van der Waals surface area contributed by atoms with Crippen molar-refractivity contribution < 1.29 is 9.47 Å². The van der Waals surface area contributed by atoms with Crippen molar-refractivity contribution in [1.29, 1.82) is 0 Å². The van der Waals surface area contributed by atoms with Crippen LogP contribution in [0.1, 0.15) is 56.1 Å². The minimum absolute atomic E-state index is 0.202. The molecule has 1 saturated heterocycles. The number of hydrogen-bond donors (Lipinski definition) is 0. The Hall–Kier alpha value is -1.02. The number of rotatable bonds is 3. The average molecular weight is 274 g/mol. The van der Waals surface area contributed by atoms with Gasteiger partial charge in [-0.05, 0) is 56.7 Å². The highest BCUT2D eigenvalue weighted by atomic mass is 16.6. The molecular weight excluding hydrogens is 248 g/mol. The summed E-state index contributed by atoms with van der Waals surface area (Å²) in [7, 11) is 0. The van der Waals surface area contributed by atoms with Gasteiger partial charge in [0.15, 0.2) is 0 Å². The van der Waals surface area contributed by atoms with Crippen molar-refractivity contribution in [3.8, 4) is 5.75 Å². The lowest BCUT2D eigenvalue weighted by Crippen LogP contribution is -2.32. The van der Waals surface area contributed by atoms with Gasteiger partial charge in [-0.15, -0.1) is 0 Å². The van der Waals surface area contributed by atoms with Gasteiger partial charge in [-0.25, -0.2) is 0 Å². The van der Waals surface area contributed by atoms with E-state index in [2.05, 4.69) is 32.0 Å². The molecule has 0 amide bonds. The summed E-state index contributed by atoms with van der Waals surface area (Å²) >= 11 is 0. The molecule has 1 atom stereocenters. The summed E-state index contributed by atoms with van der Waals surface area (Å²) in [5.74, 6) is 1.01. The van der Waals surface area contributed by atoms with E-state index in [-0.39, 0.29) is 11.7 Å². The van der Waals surface area contributed by atoms with Gasteiger partial charge in [0.05, 0.1) is 11.7 Å². The van der Waals surface area contributed by atoms with Crippen LogP contribution in [0.25, 0.3) is 0 Å². The summed E-state index contributed by atoms with van der Waals surface area (Å²) in [6.07, 6.45) is 9.25. The molecule has 2 aliphatic rings. The molecule has 3 rings (SSSR count). The Bertz CT molecular complexity index is 460. The lowest BCUT2D eigenvalue weighted by molar-refractivity contribution is -0.0749. The number of hydrogen-bond acceptors (Lipinski definition) is 2. The molecule has 1 heterocycles. The Labute approximate surface area is 122 Å². The molecule has 1 aromatic carbocycles. The van der Waals surface area contributed by atoms with Gasteiger partial charge in [0.2, 0.25) is 0 Å². The van der Waals surface area contributed by atoms with Crippen molar-refractivity contribution in [3.05, 3.63) is 29.3 Å². The van der Waals surface area contributed by atoms with Crippen LogP contribution in [-0.2, 0) is 4.74 Å². The van der Waals surface area contributed by atoms with Crippen molar-refractivity contribution in [3.63, 3.8) is 0 Å². The first kappa shape index (κ1) is 13.9. The van der Waals surface area contributed by atoms with E-state index in [1.807, 2.05) is 0 Å². The third kappa shape index (κ3) is 2.85. The van der Waals surface area contributed by atoms with Crippen molar-refractivity contribution in [2.75, 3.05) is 6.61 Å². The van der Waals surface area contributed by atoms with Crippen molar-refractivity contribution in [2.45, 2.75) is 70.5 Å². The Morgan fingerprint density at radius 2 is 1.95 bits per heavy atom. The molecule has 1 aliphatic carbocycles. The maximum absolute atomic E-state index is 6.36. The first-order valence-corrected chi connectivity index (χ1v) is 8.05. The van der Waals surface area contributed by atoms with Crippen LogP contribution >= 0.6 is 0 Å². The first-order valence-electron chi connectivity index (χ1n) is 8.05. The van der Waals surface area contributed by atoms with Crippen LogP contribution in [0.4, 0.5) is 0 Å². The van der Waals surface area contributed by atoms with Crippen molar-refractivity contribution in [1.82, 2.24) is 0 Å². The third-order valence-corrected chi connectivity index (χ3v) is 5.08. The van der Waals surface area contributed by atoms with Gasteiger partial charge < -0.3 is 9.47 Å². The van der Waals surface area contributed by atoms with Crippen LogP contribution in [0.3, 0.4) is 0 Å². The molecule has 2 fully saturated rings. The van der Waals surface area contributed by atoms with Crippen LogP contribution in [-0.4, -0.2) is 18.3 Å². The lowest BCUT2D eigenvalue weighted by Gasteiger charge is -2.33. The molecule has 1 aliphatic heterocycles. The predicted octanol–water partition coefficient (Wildman–Crippen LogP) is 4.56. The first-order chi connectivity index (χ1) is 9.69. The fraction of sp³-hybridized carbons (Fsp3) is 0.667. The van der Waals surface area contributed by atoms with Crippen molar-refractivity contribution in [2.24, 2.45) is 0 Å². The Balaban J connectivity index is 1.56. The van der Waals surface area contributed by atoms with Gasteiger partial charge >= 0.3 is 0 Å². The summed E-state index contributed by atoms with van der Waals surface area (Å²) in [6.45, 7) is 4.96. The standard InChI is InChI=1S/C18H26O2/c1-14-7-6-8-17(15(14)2)19-13-16-9-12-18(20-16)10-4-3-5-11-18/h6-8,16H,3-5,9-13H2,1-2H3. The molecule has 1 saturated carbocycles. The zero-order chi connectivity index (χ0) is 14.0. The fourth-order valence-electron chi connectivity index (χ4n) is 3.64. The van der Waals surface area contributed by atoms with Crippen LogP contribution < -0.4 is 4.74 Å². The molecule has 2 heteroatoms. The molecular formula is C18H26O2. The van der Waals surface area contributed by atoms with E-state index in [0.717, 1.165) is 12.2 Å². The van der Waals surface area contributed by atoms with E-state index in [1.54, 1.807) is 0 Å². The minimum atomic E-state index is 0.202. The molecule has 1 spiro atoms. The Morgan fingerprint density at radius 3 is 2.75 bits per heavy atom. The quantitative estimate of drug-likeness (QED) is 0.804.